The summed E-state index contributed by atoms with van der Waals surface area (Å²) in [5.74, 6) is 1.49. The highest BCUT2D eigenvalue weighted by Gasteiger charge is 2.30. The van der Waals surface area contributed by atoms with Crippen LogP contribution in [-0.2, 0) is 4.79 Å². The van der Waals surface area contributed by atoms with Crippen molar-refractivity contribution in [3.8, 4) is 0 Å². The minimum atomic E-state index is 0.271. The molecule has 2 rings (SSSR count). The van der Waals surface area contributed by atoms with Crippen molar-refractivity contribution in [1.82, 2.24) is 4.90 Å². The highest BCUT2D eigenvalue weighted by molar-refractivity contribution is 7.80. The Morgan fingerprint density at radius 3 is 2.68 bits per heavy atom. The average Bonchev–Trinajstić information content (AvgIpc) is 2.79. The molecule has 1 saturated heterocycles. The first-order valence-corrected chi connectivity index (χ1v) is 7.41. The van der Waals surface area contributed by atoms with Crippen molar-refractivity contribution in [1.29, 1.82) is 0 Å². The van der Waals surface area contributed by atoms with Crippen LogP contribution in [0.3, 0.4) is 0 Å². The van der Waals surface area contributed by atoms with Gasteiger partial charge in [0.15, 0.2) is 0 Å². The number of benzene rings is 1. The van der Waals surface area contributed by atoms with Gasteiger partial charge in [-0.15, -0.1) is 0 Å². The molecular formula is C15H22N2OS. The summed E-state index contributed by atoms with van der Waals surface area (Å²) < 4.78 is 0. The maximum Gasteiger partial charge on any atom is 0.223 e. The number of likely N-dealkylation sites (N-methyl/N-ethyl adjacent to an activating group) is 1. The number of amides is 1. The molecule has 0 saturated carbocycles. The van der Waals surface area contributed by atoms with Gasteiger partial charge in [-0.3, -0.25) is 4.79 Å². The van der Waals surface area contributed by atoms with Crippen LogP contribution in [-0.4, -0.2) is 42.7 Å². The second-order valence-electron chi connectivity index (χ2n) is 5.35. The molecule has 2 unspecified atom stereocenters. The van der Waals surface area contributed by atoms with E-state index in [0.717, 1.165) is 18.8 Å². The van der Waals surface area contributed by atoms with E-state index in [-0.39, 0.29) is 5.91 Å². The summed E-state index contributed by atoms with van der Waals surface area (Å²) in [6, 6.07) is 10.6. The van der Waals surface area contributed by atoms with Crippen LogP contribution in [0, 0.1) is 5.92 Å². The zero-order chi connectivity index (χ0) is 13.8. The first kappa shape index (κ1) is 14.3. The van der Waals surface area contributed by atoms with Gasteiger partial charge < -0.3 is 9.80 Å². The molecule has 4 heteroatoms. The van der Waals surface area contributed by atoms with E-state index in [4.69, 9.17) is 0 Å². The van der Waals surface area contributed by atoms with Crippen LogP contribution in [0.15, 0.2) is 30.3 Å². The SMILES string of the molecule is CC(CN1CC(CS)CC1=O)N(C)c1ccccc1. The summed E-state index contributed by atoms with van der Waals surface area (Å²) in [5.41, 5.74) is 1.19. The molecule has 0 radical (unpaired) electrons. The van der Waals surface area contributed by atoms with Crippen LogP contribution in [0.5, 0.6) is 0 Å². The van der Waals surface area contributed by atoms with Crippen molar-refractivity contribution >= 4 is 24.2 Å². The molecule has 1 amide bonds. The molecule has 0 N–H and O–H groups in total. The molecule has 104 valence electrons. The van der Waals surface area contributed by atoms with Crippen molar-refractivity contribution in [2.24, 2.45) is 5.92 Å². The second kappa shape index (κ2) is 6.33. The Morgan fingerprint density at radius 2 is 2.11 bits per heavy atom. The van der Waals surface area contributed by atoms with Crippen molar-refractivity contribution < 1.29 is 4.79 Å². The molecule has 19 heavy (non-hydrogen) atoms. The number of likely N-dealkylation sites (tertiary alicyclic amines) is 1. The Morgan fingerprint density at radius 1 is 1.42 bits per heavy atom. The molecule has 1 aromatic rings. The minimum absolute atomic E-state index is 0.271. The summed E-state index contributed by atoms with van der Waals surface area (Å²) in [6.45, 7) is 3.80. The topological polar surface area (TPSA) is 23.6 Å². The van der Waals surface area contributed by atoms with Crippen LogP contribution in [0.1, 0.15) is 13.3 Å². The molecular weight excluding hydrogens is 256 g/mol. The molecule has 0 spiro atoms. The van der Waals surface area contributed by atoms with E-state index in [1.54, 1.807) is 0 Å². The van der Waals surface area contributed by atoms with E-state index in [2.05, 4.69) is 43.6 Å². The van der Waals surface area contributed by atoms with Gasteiger partial charge in [-0.2, -0.15) is 12.6 Å². The Bertz CT molecular complexity index is 423. The number of anilines is 1. The predicted molar refractivity (Wildman–Crippen MR) is 82.8 cm³/mol. The van der Waals surface area contributed by atoms with Gasteiger partial charge in [-0.25, -0.2) is 0 Å². The molecule has 1 aromatic carbocycles. The minimum Gasteiger partial charge on any atom is -0.370 e. The van der Waals surface area contributed by atoms with Crippen LogP contribution in [0.2, 0.25) is 0 Å². The molecule has 1 fully saturated rings. The van der Waals surface area contributed by atoms with Crippen molar-refractivity contribution in [3.05, 3.63) is 30.3 Å². The third-order valence-corrected chi connectivity index (χ3v) is 4.38. The number of carbonyl (C=O) groups excluding carboxylic acids is 1. The summed E-state index contributed by atoms with van der Waals surface area (Å²) in [4.78, 5) is 16.1. The Balaban J connectivity index is 1.94. The monoisotopic (exact) mass is 278 g/mol. The molecule has 1 aliphatic heterocycles. The lowest BCUT2D eigenvalue weighted by Gasteiger charge is -2.30. The highest BCUT2D eigenvalue weighted by Crippen LogP contribution is 2.21. The number of para-hydroxylation sites is 1. The van der Waals surface area contributed by atoms with Gasteiger partial charge in [0.25, 0.3) is 0 Å². The lowest BCUT2D eigenvalue weighted by atomic mass is 10.1. The van der Waals surface area contributed by atoms with Gasteiger partial charge in [0, 0.05) is 38.3 Å². The third kappa shape index (κ3) is 3.44. The summed E-state index contributed by atoms with van der Waals surface area (Å²) in [7, 11) is 2.08. The van der Waals surface area contributed by atoms with Crippen LogP contribution < -0.4 is 4.90 Å². The van der Waals surface area contributed by atoms with Gasteiger partial charge in [-0.1, -0.05) is 18.2 Å². The van der Waals surface area contributed by atoms with E-state index in [1.807, 2.05) is 23.1 Å². The fraction of sp³-hybridized carbons (Fsp3) is 0.533. The van der Waals surface area contributed by atoms with Crippen LogP contribution >= 0.6 is 12.6 Å². The van der Waals surface area contributed by atoms with Gasteiger partial charge in [0.05, 0.1) is 0 Å². The Hall–Kier alpha value is -1.16. The van der Waals surface area contributed by atoms with Gasteiger partial charge in [0.2, 0.25) is 5.91 Å². The number of thiol groups is 1. The van der Waals surface area contributed by atoms with Crippen molar-refractivity contribution in [3.63, 3.8) is 0 Å². The van der Waals surface area contributed by atoms with E-state index in [9.17, 15) is 4.79 Å². The highest BCUT2D eigenvalue weighted by atomic mass is 32.1. The van der Waals surface area contributed by atoms with Crippen molar-refractivity contribution in [2.45, 2.75) is 19.4 Å². The molecule has 0 aliphatic carbocycles. The first-order chi connectivity index (χ1) is 9.11. The molecule has 3 nitrogen and oxygen atoms in total. The zero-order valence-corrected chi connectivity index (χ0v) is 12.5. The molecule has 0 aromatic heterocycles. The molecule has 1 heterocycles. The van der Waals surface area contributed by atoms with Gasteiger partial charge in [0.1, 0.15) is 0 Å². The fourth-order valence-electron chi connectivity index (χ4n) is 2.51. The maximum atomic E-state index is 11.9. The average molecular weight is 278 g/mol. The number of hydrogen-bond donors (Lipinski definition) is 1. The van der Waals surface area contributed by atoms with E-state index in [1.165, 1.54) is 5.69 Å². The first-order valence-electron chi connectivity index (χ1n) is 6.78. The summed E-state index contributed by atoms with van der Waals surface area (Å²) in [5, 5.41) is 0. The molecule has 2 atom stereocenters. The largest absolute Gasteiger partial charge is 0.370 e. The van der Waals surface area contributed by atoms with Crippen LogP contribution in [0.25, 0.3) is 0 Å². The quantitative estimate of drug-likeness (QED) is 0.835. The maximum absolute atomic E-state index is 11.9. The van der Waals surface area contributed by atoms with Gasteiger partial charge >= 0.3 is 0 Å². The predicted octanol–water partition coefficient (Wildman–Crippen LogP) is 2.29. The van der Waals surface area contributed by atoms with E-state index in [0.29, 0.717) is 18.4 Å². The number of nitrogens with zero attached hydrogens (tertiary/aromatic N) is 2. The fourth-order valence-corrected chi connectivity index (χ4v) is 2.76. The number of carbonyl (C=O) groups is 1. The number of hydrogen-bond acceptors (Lipinski definition) is 3. The smallest absolute Gasteiger partial charge is 0.223 e. The Kier molecular flexibility index (Phi) is 4.75. The van der Waals surface area contributed by atoms with E-state index < -0.39 is 0 Å². The van der Waals surface area contributed by atoms with E-state index >= 15 is 0 Å². The normalized spacial score (nSPS) is 20.7. The summed E-state index contributed by atoms with van der Waals surface area (Å²) in [6.07, 6.45) is 0.658. The van der Waals surface area contributed by atoms with Crippen molar-refractivity contribution in [2.75, 3.05) is 30.8 Å². The molecule has 1 aliphatic rings. The Labute approximate surface area is 121 Å². The zero-order valence-electron chi connectivity index (χ0n) is 11.6. The molecule has 0 bridgehead atoms. The lowest BCUT2D eigenvalue weighted by molar-refractivity contribution is -0.127. The third-order valence-electron chi connectivity index (χ3n) is 3.86. The van der Waals surface area contributed by atoms with Crippen LogP contribution in [0.4, 0.5) is 5.69 Å². The second-order valence-corrected chi connectivity index (χ2v) is 5.71. The lowest BCUT2D eigenvalue weighted by Crippen LogP contribution is -2.41. The standard InChI is InChI=1S/C15H22N2OS/c1-12(16(2)14-6-4-3-5-7-14)9-17-10-13(11-19)8-15(17)18/h3-7,12-13,19H,8-11H2,1-2H3. The van der Waals surface area contributed by atoms with Gasteiger partial charge in [-0.05, 0) is 30.7 Å². The number of rotatable bonds is 5. The summed E-state index contributed by atoms with van der Waals surface area (Å²) >= 11 is 4.30.